The molecule has 5 N–H and O–H groups in total. The van der Waals surface area contributed by atoms with Gasteiger partial charge in [-0.1, -0.05) is 80.2 Å². The van der Waals surface area contributed by atoms with Crippen LogP contribution in [0.1, 0.15) is 107 Å². The molecule has 0 aromatic rings. The number of rotatable bonds is 15. The third-order valence-electron chi connectivity index (χ3n) is 11.0. The number of amides is 6. The second-order valence-corrected chi connectivity index (χ2v) is 16.7. The van der Waals surface area contributed by atoms with Crippen molar-refractivity contribution in [2.45, 2.75) is 137 Å². The van der Waals surface area contributed by atoms with Gasteiger partial charge in [0, 0.05) is 19.1 Å². The number of ketones is 1. The number of ether oxygens (including phenoxy) is 1. The first-order chi connectivity index (χ1) is 23.3. The largest absolute Gasteiger partial charge is 0.447 e. The number of alkyl carbamates (subject to hydrolysis) is 1. The molecule has 13 heteroatoms. The van der Waals surface area contributed by atoms with Crippen molar-refractivity contribution in [2.24, 2.45) is 28.1 Å². The number of urea groups is 1. The van der Waals surface area contributed by atoms with Gasteiger partial charge in [0.2, 0.25) is 17.6 Å². The first kappa shape index (κ1) is 40.8. The van der Waals surface area contributed by atoms with Gasteiger partial charge in [-0.2, -0.15) is 0 Å². The van der Waals surface area contributed by atoms with E-state index in [1.807, 2.05) is 48.5 Å². The average molecular weight is 703 g/mol. The molecule has 3 fully saturated rings. The molecule has 3 aliphatic rings. The van der Waals surface area contributed by atoms with Crippen molar-refractivity contribution in [2.75, 3.05) is 19.7 Å². The number of hydrogen-bond acceptors (Lipinski definition) is 7. The van der Waals surface area contributed by atoms with Crippen LogP contribution in [0, 0.1) is 28.1 Å². The van der Waals surface area contributed by atoms with E-state index >= 15 is 0 Å². The highest BCUT2D eigenvalue weighted by molar-refractivity contribution is 6.38. The predicted octanol–water partition coefficient (Wildman–Crippen LogP) is 3.81. The summed E-state index contributed by atoms with van der Waals surface area (Å²) in [5, 5.41) is 14.0. The first-order valence-electron chi connectivity index (χ1n) is 18.3. The Morgan fingerprint density at radius 3 is 2.16 bits per heavy atom. The Balaban J connectivity index is 1.87. The molecular formula is C37H62N6O7. The van der Waals surface area contributed by atoms with Gasteiger partial charge in [-0.15, -0.1) is 6.58 Å². The van der Waals surface area contributed by atoms with Crippen LogP contribution >= 0.6 is 0 Å². The summed E-state index contributed by atoms with van der Waals surface area (Å²) in [6.45, 7) is 21.4. The molecule has 0 radical (unpaired) electrons. The van der Waals surface area contributed by atoms with Gasteiger partial charge in [-0.3, -0.25) is 19.2 Å². The number of likely N-dealkylation sites (tertiary alicyclic amines) is 1. The molecule has 2 saturated carbocycles. The topological polar surface area (TPSA) is 175 Å². The molecule has 3 rings (SSSR count). The van der Waals surface area contributed by atoms with E-state index in [1.54, 1.807) is 4.90 Å². The standard InChI is InChI=1S/C37H62N6O7/c1-11-16-24(28(44)31(46)38-19-12-2)40-30(45)27-26-23(36(26,8)9)20-43(27)32(47)29(37(10)17-14-13-15-18-37)42-33(48)41-25(35(5,6)7)21-50-34(49)39-22(3)4/h12,22-27,29H,2,11,13-21H2,1,3-10H3,(H,38,46)(H,39,49)(H,40,45)(H2,41,42,48)/t23?,24?,25-,26?,27+,29-/m1/s1. The third-order valence-corrected chi connectivity index (χ3v) is 11.0. The second-order valence-electron chi connectivity index (χ2n) is 16.7. The summed E-state index contributed by atoms with van der Waals surface area (Å²) < 4.78 is 5.42. The highest BCUT2D eigenvalue weighted by atomic mass is 16.5. The van der Waals surface area contributed by atoms with Crippen LogP contribution in [0.3, 0.4) is 0 Å². The van der Waals surface area contributed by atoms with Gasteiger partial charge < -0.3 is 36.2 Å². The average Bonchev–Trinajstić information content (AvgIpc) is 3.33. The van der Waals surface area contributed by atoms with Crippen LogP contribution < -0.4 is 26.6 Å². The highest BCUT2D eigenvalue weighted by Gasteiger charge is 2.70. The molecule has 1 saturated heterocycles. The molecule has 50 heavy (non-hydrogen) atoms. The lowest BCUT2D eigenvalue weighted by Gasteiger charge is -2.43. The fraction of sp³-hybridized carbons (Fsp3) is 0.784. The molecule has 3 unspecified atom stereocenters. The Kier molecular flexibility index (Phi) is 13.5. The monoisotopic (exact) mass is 702 g/mol. The fourth-order valence-electron chi connectivity index (χ4n) is 7.66. The number of piperidine rings is 1. The van der Waals surface area contributed by atoms with Crippen LogP contribution in [0.15, 0.2) is 12.7 Å². The Morgan fingerprint density at radius 2 is 1.60 bits per heavy atom. The molecule has 282 valence electrons. The van der Waals surface area contributed by atoms with Crippen molar-refractivity contribution >= 4 is 35.6 Å². The molecule has 1 aliphatic heterocycles. The van der Waals surface area contributed by atoms with Gasteiger partial charge in [0.15, 0.2) is 0 Å². The SMILES string of the molecule is C=CCNC(=O)C(=O)C(CCC)NC(=O)[C@@H]1C2C(CN1C(=O)[C@@H](NC(=O)N[C@H](COC(=O)NC(C)C)C(C)(C)C)C1(C)CCCCC1)C2(C)C. The second kappa shape index (κ2) is 16.6. The van der Waals surface area contributed by atoms with Crippen molar-refractivity contribution in [3.8, 4) is 0 Å². The normalized spacial score (nSPS) is 23.7. The zero-order chi connectivity index (χ0) is 37.6. The van der Waals surface area contributed by atoms with Crippen molar-refractivity contribution in [3.05, 3.63) is 12.7 Å². The van der Waals surface area contributed by atoms with E-state index < -0.39 is 64.7 Å². The van der Waals surface area contributed by atoms with Crippen LogP contribution in [0.4, 0.5) is 9.59 Å². The smallest absolute Gasteiger partial charge is 0.407 e. The molecule has 1 heterocycles. The summed E-state index contributed by atoms with van der Waals surface area (Å²) in [6, 6.07) is -4.06. The van der Waals surface area contributed by atoms with Crippen LogP contribution in [-0.2, 0) is 23.9 Å². The number of fused-ring (bicyclic) bond motifs is 1. The van der Waals surface area contributed by atoms with Gasteiger partial charge in [0.25, 0.3) is 5.91 Å². The van der Waals surface area contributed by atoms with Gasteiger partial charge in [0.05, 0.1) is 12.1 Å². The van der Waals surface area contributed by atoms with E-state index in [1.165, 1.54) is 6.08 Å². The minimum atomic E-state index is -1.04. The van der Waals surface area contributed by atoms with Gasteiger partial charge in [-0.05, 0) is 61.2 Å². The first-order valence-corrected chi connectivity index (χ1v) is 18.3. The summed E-state index contributed by atoms with van der Waals surface area (Å²) in [6.07, 6.45) is 6.00. The molecule has 0 spiro atoms. The molecule has 2 aliphatic carbocycles. The van der Waals surface area contributed by atoms with E-state index in [4.69, 9.17) is 4.74 Å². The number of nitrogens with zero attached hydrogens (tertiary/aromatic N) is 1. The lowest BCUT2D eigenvalue weighted by Crippen LogP contribution is -2.63. The maximum Gasteiger partial charge on any atom is 0.407 e. The Bertz CT molecular complexity index is 1290. The zero-order valence-electron chi connectivity index (χ0n) is 31.7. The number of carbonyl (C=O) groups excluding carboxylic acids is 6. The fourth-order valence-corrected chi connectivity index (χ4v) is 7.66. The Labute approximate surface area is 298 Å². The summed E-state index contributed by atoms with van der Waals surface area (Å²) in [7, 11) is 0. The van der Waals surface area contributed by atoms with Crippen molar-refractivity contribution in [1.82, 2.24) is 31.5 Å². The Hall–Kier alpha value is -3.64. The van der Waals surface area contributed by atoms with Crippen molar-refractivity contribution in [3.63, 3.8) is 0 Å². The van der Waals surface area contributed by atoms with Crippen LogP contribution in [0.25, 0.3) is 0 Å². The van der Waals surface area contributed by atoms with Crippen LogP contribution in [0.2, 0.25) is 0 Å². The summed E-state index contributed by atoms with van der Waals surface area (Å²) in [4.78, 5) is 82.0. The summed E-state index contributed by atoms with van der Waals surface area (Å²) >= 11 is 0. The van der Waals surface area contributed by atoms with Crippen molar-refractivity contribution in [1.29, 1.82) is 0 Å². The van der Waals surface area contributed by atoms with E-state index in [0.717, 1.165) is 32.1 Å². The molecule has 0 aromatic carbocycles. The molecular weight excluding hydrogens is 640 g/mol. The molecule has 0 bridgehead atoms. The molecule has 6 amide bonds. The summed E-state index contributed by atoms with van der Waals surface area (Å²) in [5.41, 5.74) is -1.24. The van der Waals surface area contributed by atoms with E-state index in [9.17, 15) is 28.8 Å². The zero-order valence-corrected chi connectivity index (χ0v) is 31.7. The third kappa shape index (κ3) is 9.78. The van der Waals surface area contributed by atoms with E-state index in [2.05, 4.69) is 47.0 Å². The lowest BCUT2D eigenvalue weighted by atomic mass is 9.70. The maximum atomic E-state index is 14.7. The van der Waals surface area contributed by atoms with Gasteiger partial charge >= 0.3 is 12.1 Å². The minimum Gasteiger partial charge on any atom is -0.447 e. The molecule has 6 atom stereocenters. The van der Waals surface area contributed by atoms with Gasteiger partial charge in [0.1, 0.15) is 18.7 Å². The van der Waals surface area contributed by atoms with Crippen LogP contribution in [0.5, 0.6) is 0 Å². The number of hydrogen-bond donors (Lipinski definition) is 5. The quantitative estimate of drug-likeness (QED) is 0.127. The van der Waals surface area contributed by atoms with Crippen LogP contribution in [-0.4, -0.2) is 90.4 Å². The van der Waals surface area contributed by atoms with Gasteiger partial charge in [-0.25, -0.2) is 9.59 Å². The van der Waals surface area contributed by atoms with Crippen molar-refractivity contribution < 1.29 is 33.5 Å². The number of Topliss-reactive ketones (excluding diaryl/α,β-unsaturated/α-hetero) is 1. The summed E-state index contributed by atoms with van der Waals surface area (Å²) in [5.74, 6) is -2.41. The minimum absolute atomic E-state index is 0.0680. The Morgan fingerprint density at radius 1 is 0.960 bits per heavy atom. The number of nitrogens with one attached hydrogen (secondary N) is 5. The predicted molar refractivity (Wildman–Crippen MR) is 191 cm³/mol. The van der Waals surface area contributed by atoms with E-state index in [-0.39, 0.29) is 48.8 Å². The highest BCUT2D eigenvalue weighted by Crippen LogP contribution is 2.65. The lowest BCUT2D eigenvalue weighted by molar-refractivity contribution is -0.146. The molecule has 0 aromatic heterocycles. The maximum absolute atomic E-state index is 14.7. The van der Waals surface area contributed by atoms with E-state index in [0.29, 0.717) is 13.0 Å². The number of carbonyl (C=O) groups is 6. The molecule has 13 nitrogen and oxygen atoms in total.